The summed E-state index contributed by atoms with van der Waals surface area (Å²) in [5.41, 5.74) is 1.81. The first-order valence-electron chi connectivity index (χ1n) is 8.64. The van der Waals surface area contributed by atoms with E-state index in [2.05, 4.69) is 18.8 Å². The van der Waals surface area contributed by atoms with Gasteiger partial charge in [0.15, 0.2) is 0 Å². The van der Waals surface area contributed by atoms with E-state index in [0.717, 1.165) is 11.6 Å². The first-order valence-corrected chi connectivity index (χ1v) is 8.64. The molecular weight excluding hydrogens is 304 g/mol. The van der Waals surface area contributed by atoms with Crippen LogP contribution in [0.15, 0.2) is 48.2 Å². The minimum absolute atomic E-state index is 0.243. The van der Waals surface area contributed by atoms with E-state index >= 15 is 0 Å². The number of halogens is 2. The van der Waals surface area contributed by atoms with Gasteiger partial charge in [0.05, 0.1) is 5.69 Å². The van der Waals surface area contributed by atoms with Crippen LogP contribution >= 0.6 is 0 Å². The molecule has 1 heterocycles. The first kappa shape index (κ1) is 22.2. The molecule has 0 aromatic carbocycles. The Morgan fingerprint density at radius 2 is 1.92 bits per heavy atom. The van der Waals surface area contributed by atoms with Gasteiger partial charge in [-0.2, -0.15) is 0 Å². The molecule has 1 atom stereocenters. The largest absolute Gasteiger partial charge is 0.256 e. The molecule has 1 aromatic rings. The average molecular weight is 335 g/mol. The molecule has 1 aromatic heterocycles. The SMILES string of the molecule is CC=CC(C)CC/C(F)=C\C(F)=C(/C)c1ncccc1C.CCC. The molecule has 0 saturated carbocycles. The van der Waals surface area contributed by atoms with E-state index in [1.54, 1.807) is 19.2 Å². The van der Waals surface area contributed by atoms with Gasteiger partial charge in [0, 0.05) is 17.8 Å². The summed E-state index contributed by atoms with van der Waals surface area (Å²) in [4.78, 5) is 4.15. The minimum atomic E-state index is -0.562. The van der Waals surface area contributed by atoms with Crippen molar-refractivity contribution in [3.8, 4) is 0 Å². The summed E-state index contributed by atoms with van der Waals surface area (Å²) in [5, 5.41) is 0. The summed E-state index contributed by atoms with van der Waals surface area (Å²) >= 11 is 0. The van der Waals surface area contributed by atoms with Crippen LogP contribution in [0.1, 0.15) is 65.1 Å². The standard InChI is InChI=1S/C18H23F2N.C3H8/c1-5-7-13(2)9-10-16(19)12-17(20)15(4)18-14(3)8-6-11-21-18;1-3-2/h5-8,11-13H,9-10H2,1-4H3;3H2,1-2H3/b7-5?,16-12+,17-15-;. The fourth-order valence-corrected chi connectivity index (χ4v) is 2.10. The number of nitrogens with zero attached hydrogens (tertiary/aromatic N) is 1. The third-order valence-corrected chi connectivity index (χ3v) is 3.37. The summed E-state index contributed by atoms with van der Waals surface area (Å²) < 4.78 is 27.9. The Kier molecular flexibility index (Phi) is 11.7. The first-order chi connectivity index (χ1) is 11.4. The highest BCUT2D eigenvalue weighted by Crippen LogP contribution is 2.23. The van der Waals surface area contributed by atoms with E-state index in [-0.39, 0.29) is 6.42 Å². The Bertz CT molecular complexity index is 571. The molecule has 3 heteroatoms. The molecule has 1 unspecified atom stereocenters. The molecule has 0 fully saturated rings. The lowest BCUT2D eigenvalue weighted by atomic mass is 10.0. The zero-order valence-corrected chi connectivity index (χ0v) is 15.9. The molecule has 0 bridgehead atoms. The molecule has 0 aliphatic heterocycles. The number of allylic oxidation sites excluding steroid dienone is 6. The summed E-state index contributed by atoms with van der Waals surface area (Å²) in [6.07, 6.45) is 8.71. The Morgan fingerprint density at radius 3 is 2.46 bits per heavy atom. The van der Waals surface area contributed by atoms with Crippen LogP contribution in [0.5, 0.6) is 0 Å². The van der Waals surface area contributed by atoms with Gasteiger partial charge in [0.2, 0.25) is 0 Å². The van der Waals surface area contributed by atoms with Gasteiger partial charge in [-0.05, 0) is 51.2 Å². The zero-order chi connectivity index (χ0) is 18.5. The van der Waals surface area contributed by atoms with Gasteiger partial charge in [-0.1, -0.05) is 45.4 Å². The van der Waals surface area contributed by atoms with Crippen molar-refractivity contribution in [2.75, 3.05) is 0 Å². The highest BCUT2D eigenvalue weighted by molar-refractivity contribution is 5.66. The molecule has 134 valence electrons. The van der Waals surface area contributed by atoms with E-state index in [9.17, 15) is 8.78 Å². The second kappa shape index (κ2) is 12.6. The Balaban J connectivity index is 0.00000163. The predicted octanol–water partition coefficient (Wildman–Crippen LogP) is 7.35. The minimum Gasteiger partial charge on any atom is -0.256 e. The molecule has 24 heavy (non-hydrogen) atoms. The van der Waals surface area contributed by atoms with E-state index in [4.69, 9.17) is 0 Å². The lowest BCUT2D eigenvalue weighted by Gasteiger charge is -2.06. The van der Waals surface area contributed by atoms with Gasteiger partial charge < -0.3 is 0 Å². The molecule has 0 aliphatic rings. The van der Waals surface area contributed by atoms with Crippen LogP contribution in [0.2, 0.25) is 0 Å². The molecule has 1 rings (SSSR count). The van der Waals surface area contributed by atoms with Crippen LogP contribution in [0, 0.1) is 12.8 Å². The van der Waals surface area contributed by atoms with Crippen LogP contribution in [-0.2, 0) is 0 Å². The van der Waals surface area contributed by atoms with Crippen molar-refractivity contribution in [2.24, 2.45) is 5.92 Å². The predicted molar refractivity (Wildman–Crippen MR) is 101 cm³/mol. The number of aryl methyl sites for hydroxylation is 1. The van der Waals surface area contributed by atoms with Gasteiger partial charge in [0.25, 0.3) is 0 Å². The maximum atomic E-state index is 14.1. The van der Waals surface area contributed by atoms with E-state index in [0.29, 0.717) is 23.6 Å². The van der Waals surface area contributed by atoms with Crippen molar-refractivity contribution in [3.05, 3.63) is 59.5 Å². The molecular formula is C21H31F2N. The number of rotatable bonds is 6. The molecule has 0 amide bonds. The van der Waals surface area contributed by atoms with Gasteiger partial charge >= 0.3 is 0 Å². The molecule has 0 radical (unpaired) electrons. The third-order valence-electron chi connectivity index (χ3n) is 3.37. The Labute approximate surface area is 146 Å². The fourth-order valence-electron chi connectivity index (χ4n) is 2.10. The van der Waals surface area contributed by atoms with Gasteiger partial charge in [-0.15, -0.1) is 0 Å². The second-order valence-corrected chi connectivity index (χ2v) is 5.98. The summed E-state index contributed by atoms with van der Waals surface area (Å²) in [5.74, 6) is -0.704. The highest BCUT2D eigenvalue weighted by atomic mass is 19.1. The topological polar surface area (TPSA) is 12.9 Å². The van der Waals surface area contributed by atoms with Crippen LogP contribution in [0.3, 0.4) is 0 Å². The van der Waals surface area contributed by atoms with Gasteiger partial charge in [-0.3, -0.25) is 4.98 Å². The number of hydrogen-bond acceptors (Lipinski definition) is 1. The van der Waals surface area contributed by atoms with Gasteiger partial charge in [0.1, 0.15) is 11.7 Å². The second-order valence-electron chi connectivity index (χ2n) is 5.98. The lowest BCUT2D eigenvalue weighted by molar-refractivity contribution is 0.530. The van der Waals surface area contributed by atoms with Gasteiger partial charge in [-0.25, -0.2) is 8.78 Å². The van der Waals surface area contributed by atoms with Crippen molar-refractivity contribution in [3.63, 3.8) is 0 Å². The Morgan fingerprint density at radius 1 is 1.29 bits per heavy atom. The van der Waals surface area contributed by atoms with Crippen molar-refractivity contribution in [2.45, 2.75) is 60.8 Å². The number of aromatic nitrogens is 1. The fraction of sp³-hybridized carbons (Fsp3) is 0.476. The van der Waals surface area contributed by atoms with E-state index < -0.39 is 11.7 Å². The maximum Gasteiger partial charge on any atom is 0.130 e. The third kappa shape index (κ3) is 8.76. The number of pyridine rings is 1. The van der Waals surface area contributed by atoms with Crippen molar-refractivity contribution >= 4 is 5.57 Å². The van der Waals surface area contributed by atoms with Crippen molar-refractivity contribution < 1.29 is 8.78 Å². The quantitative estimate of drug-likeness (QED) is 0.391. The van der Waals surface area contributed by atoms with Crippen LogP contribution in [0.25, 0.3) is 5.57 Å². The summed E-state index contributed by atoms with van der Waals surface area (Å²) in [6, 6.07) is 3.65. The van der Waals surface area contributed by atoms with Crippen LogP contribution in [-0.4, -0.2) is 4.98 Å². The van der Waals surface area contributed by atoms with E-state index in [1.807, 2.05) is 39.0 Å². The normalized spacial score (nSPS) is 14.1. The van der Waals surface area contributed by atoms with Crippen LogP contribution < -0.4 is 0 Å². The maximum absolute atomic E-state index is 14.1. The molecule has 0 spiro atoms. The Hall–Kier alpha value is -1.77. The number of hydrogen-bond donors (Lipinski definition) is 0. The molecule has 0 N–H and O–H groups in total. The zero-order valence-electron chi connectivity index (χ0n) is 15.9. The monoisotopic (exact) mass is 335 g/mol. The van der Waals surface area contributed by atoms with Crippen LogP contribution in [0.4, 0.5) is 8.78 Å². The molecule has 0 saturated heterocycles. The van der Waals surface area contributed by atoms with Crippen molar-refractivity contribution in [1.82, 2.24) is 4.98 Å². The average Bonchev–Trinajstić information content (AvgIpc) is 2.54. The summed E-state index contributed by atoms with van der Waals surface area (Å²) in [7, 11) is 0. The highest BCUT2D eigenvalue weighted by Gasteiger charge is 2.08. The van der Waals surface area contributed by atoms with E-state index in [1.165, 1.54) is 6.42 Å². The molecule has 1 nitrogen and oxygen atoms in total. The smallest absolute Gasteiger partial charge is 0.130 e. The lowest BCUT2D eigenvalue weighted by Crippen LogP contribution is -1.92. The van der Waals surface area contributed by atoms with Crippen molar-refractivity contribution in [1.29, 1.82) is 0 Å². The summed E-state index contributed by atoms with van der Waals surface area (Å²) in [6.45, 7) is 11.7. The molecule has 0 aliphatic carbocycles.